The van der Waals surface area contributed by atoms with E-state index in [1.54, 1.807) is 41.3 Å². The van der Waals surface area contributed by atoms with Gasteiger partial charge in [-0.3, -0.25) is 9.59 Å². The monoisotopic (exact) mass is 381 g/mol. The van der Waals surface area contributed by atoms with Gasteiger partial charge < -0.3 is 14.7 Å². The van der Waals surface area contributed by atoms with Crippen LogP contribution in [0.15, 0.2) is 48.5 Å². The van der Waals surface area contributed by atoms with E-state index in [0.717, 1.165) is 25.9 Å². The standard InChI is InChI=1S/C22H24FN3O2/c23-19-5-1-2-6-20(19)24-13-15-26(16-14-24)22(28)18-9-7-17(8-10-18)21(27)25-11-3-4-12-25/h1-2,5-10H,3-4,11-16H2. The van der Waals surface area contributed by atoms with Gasteiger partial charge in [-0.15, -0.1) is 0 Å². The number of nitrogens with zero attached hydrogens (tertiary/aromatic N) is 3. The fourth-order valence-electron chi connectivity index (χ4n) is 3.90. The number of halogens is 1. The first-order valence-corrected chi connectivity index (χ1v) is 9.81. The molecule has 28 heavy (non-hydrogen) atoms. The average molecular weight is 381 g/mol. The van der Waals surface area contributed by atoms with Crippen LogP contribution in [0.25, 0.3) is 0 Å². The second-order valence-electron chi connectivity index (χ2n) is 7.31. The maximum atomic E-state index is 14.0. The molecule has 4 rings (SSSR count). The topological polar surface area (TPSA) is 43.9 Å². The van der Waals surface area contributed by atoms with Crippen LogP contribution in [0.1, 0.15) is 33.6 Å². The SMILES string of the molecule is O=C(c1ccc(C(=O)N2CCN(c3ccccc3F)CC2)cc1)N1CCCC1. The van der Waals surface area contributed by atoms with E-state index in [-0.39, 0.29) is 17.6 Å². The summed E-state index contributed by atoms with van der Waals surface area (Å²) in [5, 5.41) is 0. The van der Waals surface area contributed by atoms with Gasteiger partial charge in [-0.05, 0) is 49.2 Å². The largest absolute Gasteiger partial charge is 0.366 e. The van der Waals surface area contributed by atoms with E-state index in [0.29, 0.717) is 43.0 Å². The normalized spacial score (nSPS) is 17.1. The molecule has 2 aliphatic rings. The van der Waals surface area contributed by atoms with E-state index < -0.39 is 0 Å². The molecule has 2 aliphatic heterocycles. The highest BCUT2D eigenvalue weighted by Gasteiger charge is 2.24. The van der Waals surface area contributed by atoms with Crippen molar-refractivity contribution in [1.82, 2.24) is 9.80 Å². The van der Waals surface area contributed by atoms with Crippen LogP contribution in [-0.4, -0.2) is 60.9 Å². The Bertz CT molecular complexity index is 854. The maximum Gasteiger partial charge on any atom is 0.253 e. The second-order valence-corrected chi connectivity index (χ2v) is 7.31. The summed E-state index contributed by atoms with van der Waals surface area (Å²) < 4.78 is 14.0. The summed E-state index contributed by atoms with van der Waals surface area (Å²) in [6, 6.07) is 13.7. The minimum absolute atomic E-state index is 0.0370. The quantitative estimate of drug-likeness (QED) is 0.821. The molecule has 0 aliphatic carbocycles. The third-order valence-electron chi connectivity index (χ3n) is 5.53. The van der Waals surface area contributed by atoms with Gasteiger partial charge in [-0.25, -0.2) is 4.39 Å². The number of carbonyl (C=O) groups is 2. The van der Waals surface area contributed by atoms with E-state index >= 15 is 0 Å². The Morgan fingerprint density at radius 3 is 1.71 bits per heavy atom. The van der Waals surface area contributed by atoms with Crippen LogP contribution in [0.3, 0.4) is 0 Å². The highest BCUT2D eigenvalue weighted by Crippen LogP contribution is 2.21. The summed E-state index contributed by atoms with van der Waals surface area (Å²) in [7, 11) is 0. The van der Waals surface area contributed by atoms with Gasteiger partial charge in [0.1, 0.15) is 5.82 Å². The summed E-state index contributed by atoms with van der Waals surface area (Å²) in [6.07, 6.45) is 2.11. The molecule has 5 nitrogen and oxygen atoms in total. The van der Waals surface area contributed by atoms with E-state index in [9.17, 15) is 14.0 Å². The summed E-state index contributed by atoms with van der Waals surface area (Å²) in [5.74, 6) is -0.246. The van der Waals surface area contributed by atoms with Crippen molar-refractivity contribution < 1.29 is 14.0 Å². The molecule has 146 valence electrons. The van der Waals surface area contributed by atoms with Crippen molar-refractivity contribution in [3.05, 3.63) is 65.5 Å². The summed E-state index contributed by atoms with van der Waals surface area (Å²) in [6.45, 7) is 3.90. The van der Waals surface area contributed by atoms with Crippen LogP contribution in [0.4, 0.5) is 10.1 Å². The third kappa shape index (κ3) is 3.72. The van der Waals surface area contributed by atoms with Gasteiger partial charge >= 0.3 is 0 Å². The van der Waals surface area contributed by atoms with Crippen LogP contribution < -0.4 is 4.90 Å². The zero-order valence-electron chi connectivity index (χ0n) is 15.8. The van der Waals surface area contributed by atoms with Crippen molar-refractivity contribution >= 4 is 17.5 Å². The first-order valence-electron chi connectivity index (χ1n) is 9.81. The van der Waals surface area contributed by atoms with Crippen molar-refractivity contribution in [2.45, 2.75) is 12.8 Å². The van der Waals surface area contributed by atoms with E-state index in [4.69, 9.17) is 0 Å². The molecule has 0 saturated carbocycles. The lowest BCUT2D eigenvalue weighted by Crippen LogP contribution is -2.49. The number of hydrogen-bond donors (Lipinski definition) is 0. The van der Waals surface area contributed by atoms with Crippen LogP contribution in [0.5, 0.6) is 0 Å². The number of piperazine rings is 1. The molecule has 0 N–H and O–H groups in total. The molecule has 0 aromatic heterocycles. The summed E-state index contributed by atoms with van der Waals surface area (Å²) >= 11 is 0. The number of carbonyl (C=O) groups excluding carboxylic acids is 2. The average Bonchev–Trinajstić information content (AvgIpc) is 3.28. The van der Waals surface area contributed by atoms with Crippen molar-refractivity contribution in [3.8, 4) is 0 Å². The molecule has 0 bridgehead atoms. The zero-order chi connectivity index (χ0) is 19.5. The van der Waals surface area contributed by atoms with Gasteiger partial charge in [-0.1, -0.05) is 12.1 Å². The van der Waals surface area contributed by atoms with E-state index in [1.807, 2.05) is 15.9 Å². The molecule has 0 spiro atoms. The molecule has 2 amide bonds. The van der Waals surface area contributed by atoms with E-state index in [2.05, 4.69) is 0 Å². The number of para-hydroxylation sites is 1. The first-order chi connectivity index (χ1) is 13.6. The molecule has 0 unspecified atom stereocenters. The molecule has 0 radical (unpaired) electrons. The lowest BCUT2D eigenvalue weighted by molar-refractivity contribution is 0.0743. The predicted octanol–water partition coefficient (Wildman–Crippen LogP) is 3.02. The van der Waals surface area contributed by atoms with E-state index in [1.165, 1.54) is 6.07 Å². The van der Waals surface area contributed by atoms with Gasteiger partial charge in [-0.2, -0.15) is 0 Å². The number of hydrogen-bond acceptors (Lipinski definition) is 3. The van der Waals surface area contributed by atoms with Crippen molar-refractivity contribution in [2.24, 2.45) is 0 Å². The number of amides is 2. The molecule has 6 heteroatoms. The van der Waals surface area contributed by atoms with Gasteiger partial charge in [0.2, 0.25) is 0 Å². The molecular formula is C22H24FN3O2. The van der Waals surface area contributed by atoms with Gasteiger partial charge in [0.25, 0.3) is 11.8 Å². The Morgan fingerprint density at radius 1 is 0.679 bits per heavy atom. The molecule has 2 aromatic rings. The molecule has 2 fully saturated rings. The van der Waals surface area contributed by atoms with Crippen molar-refractivity contribution in [3.63, 3.8) is 0 Å². The minimum Gasteiger partial charge on any atom is -0.366 e. The van der Waals surface area contributed by atoms with Crippen molar-refractivity contribution in [1.29, 1.82) is 0 Å². The van der Waals surface area contributed by atoms with Crippen LogP contribution in [0.2, 0.25) is 0 Å². The molecule has 2 aromatic carbocycles. The van der Waals surface area contributed by atoms with Gasteiger partial charge in [0.05, 0.1) is 5.69 Å². The fourth-order valence-corrected chi connectivity index (χ4v) is 3.90. The minimum atomic E-state index is -0.236. The van der Waals surface area contributed by atoms with Crippen LogP contribution in [-0.2, 0) is 0 Å². The second kappa shape index (κ2) is 8.00. The summed E-state index contributed by atoms with van der Waals surface area (Å²) in [5.41, 5.74) is 1.79. The summed E-state index contributed by atoms with van der Waals surface area (Å²) in [4.78, 5) is 30.8. The van der Waals surface area contributed by atoms with Gasteiger partial charge in [0, 0.05) is 50.4 Å². The molecular weight excluding hydrogens is 357 g/mol. The Labute approximate surface area is 164 Å². The molecule has 0 atom stereocenters. The predicted molar refractivity (Wildman–Crippen MR) is 106 cm³/mol. The number of rotatable bonds is 3. The van der Waals surface area contributed by atoms with Crippen LogP contribution >= 0.6 is 0 Å². The lowest BCUT2D eigenvalue weighted by atomic mass is 10.1. The Balaban J connectivity index is 1.37. The van der Waals surface area contributed by atoms with Crippen molar-refractivity contribution in [2.75, 3.05) is 44.2 Å². The number of likely N-dealkylation sites (tertiary alicyclic amines) is 1. The Hall–Kier alpha value is -2.89. The van der Waals surface area contributed by atoms with Gasteiger partial charge in [0.15, 0.2) is 0 Å². The first kappa shape index (κ1) is 18.5. The molecule has 2 saturated heterocycles. The third-order valence-corrected chi connectivity index (χ3v) is 5.53. The maximum absolute atomic E-state index is 14.0. The Kier molecular flexibility index (Phi) is 5.28. The highest BCUT2D eigenvalue weighted by molar-refractivity contribution is 5.98. The smallest absolute Gasteiger partial charge is 0.253 e. The zero-order valence-corrected chi connectivity index (χ0v) is 15.8. The number of anilines is 1. The lowest BCUT2D eigenvalue weighted by Gasteiger charge is -2.36. The molecule has 2 heterocycles. The fraction of sp³-hybridized carbons (Fsp3) is 0.364. The Morgan fingerprint density at radius 2 is 1.18 bits per heavy atom. The number of benzene rings is 2. The van der Waals surface area contributed by atoms with Crippen LogP contribution in [0, 0.1) is 5.82 Å². The highest BCUT2D eigenvalue weighted by atomic mass is 19.1.